The molecule has 1 atom stereocenters. The summed E-state index contributed by atoms with van der Waals surface area (Å²) in [6, 6.07) is 0.295. The molecule has 0 saturated heterocycles. The van der Waals surface area contributed by atoms with E-state index in [0.29, 0.717) is 42.5 Å². The van der Waals surface area contributed by atoms with Crippen LogP contribution in [0.25, 0.3) is 11.2 Å². The van der Waals surface area contributed by atoms with Crippen LogP contribution in [0.1, 0.15) is 32.6 Å². The van der Waals surface area contributed by atoms with Crippen LogP contribution < -0.4 is 11.2 Å². The van der Waals surface area contributed by atoms with E-state index in [1.165, 1.54) is 24.5 Å². The summed E-state index contributed by atoms with van der Waals surface area (Å²) >= 11 is 0. The van der Waals surface area contributed by atoms with E-state index in [1.807, 2.05) is 11.9 Å². The minimum atomic E-state index is -0.395. The third-order valence-electron chi connectivity index (χ3n) is 5.32. The fourth-order valence-corrected chi connectivity index (χ4v) is 3.27. The normalized spacial score (nSPS) is 15.5. The second-order valence-electron chi connectivity index (χ2n) is 7.00. The lowest BCUT2D eigenvalue weighted by molar-refractivity contribution is -0.132. The fraction of sp³-hybridized carbons (Fsp3) is 0.647. The van der Waals surface area contributed by atoms with Gasteiger partial charge >= 0.3 is 5.69 Å². The van der Waals surface area contributed by atoms with Crippen LogP contribution in [0.15, 0.2) is 15.9 Å². The molecule has 2 aromatic rings. The highest BCUT2D eigenvalue weighted by Crippen LogP contribution is 2.34. The zero-order valence-electron chi connectivity index (χ0n) is 15.2. The highest BCUT2D eigenvalue weighted by atomic mass is 16.2. The Balaban J connectivity index is 1.71. The number of aryl methyl sites for hydroxylation is 2. The summed E-state index contributed by atoms with van der Waals surface area (Å²) in [7, 11) is 4.92. The molecule has 8 heteroatoms. The number of aromatic nitrogens is 4. The van der Waals surface area contributed by atoms with Crippen molar-refractivity contribution in [2.45, 2.75) is 45.2 Å². The topological polar surface area (TPSA) is 82.1 Å². The van der Waals surface area contributed by atoms with E-state index in [-0.39, 0.29) is 11.5 Å². The molecule has 8 nitrogen and oxygen atoms in total. The van der Waals surface area contributed by atoms with E-state index in [2.05, 4.69) is 11.9 Å². The summed E-state index contributed by atoms with van der Waals surface area (Å²) in [5, 5.41) is 0. The largest absolute Gasteiger partial charge is 0.343 e. The monoisotopic (exact) mass is 347 g/mol. The minimum Gasteiger partial charge on any atom is -0.343 e. The molecule has 1 amide bonds. The zero-order chi connectivity index (χ0) is 18.3. The molecule has 0 spiro atoms. The van der Waals surface area contributed by atoms with Gasteiger partial charge in [0.2, 0.25) is 5.91 Å². The Labute approximate surface area is 145 Å². The van der Waals surface area contributed by atoms with Gasteiger partial charge in [-0.1, -0.05) is 0 Å². The number of rotatable bonds is 6. The lowest BCUT2D eigenvalue weighted by atomic mass is 10.1. The maximum absolute atomic E-state index is 12.4. The highest BCUT2D eigenvalue weighted by molar-refractivity contribution is 5.76. The zero-order valence-corrected chi connectivity index (χ0v) is 15.2. The molecule has 1 saturated carbocycles. The Morgan fingerprint density at radius 1 is 1.32 bits per heavy atom. The second kappa shape index (κ2) is 6.50. The van der Waals surface area contributed by atoms with E-state index in [1.54, 1.807) is 17.9 Å². The molecule has 1 aliphatic rings. The van der Waals surface area contributed by atoms with Crippen LogP contribution in [0.2, 0.25) is 0 Å². The SMILES string of the molecule is CC(C1CC1)N(C)C(=O)CCCn1cnc2c1c(=O)n(C)c(=O)n2C. The standard InChI is InChI=1S/C17H25N5O3/c1-11(12-7-8-12)19(2)13(23)6-5-9-22-10-18-15-14(22)16(24)21(4)17(25)20(15)3/h10-12H,5-9H2,1-4H3. The molecular weight excluding hydrogens is 322 g/mol. The smallest absolute Gasteiger partial charge is 0.332 e. The minimum absolute atomic E-state index is 0.129. The number of hydrogen-bond donors (Lipinski definition) is 0. The van der Waals surface area contributed by atoms with Gasteiger partial charge in [0, 0.05) is 40.2 Å². The van der Waals surface area contributed by atoms with Crippen LogP contribution >= 0.6 is 0 Å². The molecule has 1 unspecified atom stereocenters. The second-order valence-corrected chi connectivity index (χ2v) is 7.00. The Kier molecular flexibility index (Phi) is 4.53. The molecule has 1 aliphatic carbocycles. The van der Waals surface area contributed by atoms with Gasteiger partial charge in [-0.3, -0.25) is 18.7 Å². The number of fused-ring (bicyclic) bond motifs is 1. The molecule has 2 aromatic heterocycles. The van der Waals surface area contributed by atoms with Gasteiger partial charge in [0.05, 0.1) is 6.33 Å². The first-order valence-electron chi connectivity index (χ1n) is 8.69. The van der Waals surface area contributed by atoms with Crippen molar-refractivity contribution < 1.29 is 4.79 Å². The van der Waals surface area contributed by atoms with Crippen molar-refractivity contribution >= 4 is 17.1 Å². The van der Waals surface area contributed by atoms with Gasteiger partial charge in [-0.25, -0.2) is 9.78 Å². The first-order chi connectivity index (χ1) is 11.8. The average Bonchev–Trinajstić information content (AvgIpc) is 3.36. The van der Waals surface area contributed by atoms with Gasteiger partial charge in [-0.05, 0) is 32.1 Å². The van der Waals surface area contributed by atoms with E-state index in [4.69, 9.17) is 0 Å². The van der Waals surface area contributed by atoms with Crippen LogP contribution in [0.5, 0.6) is 0 Å². The third-order valence-corrected chi connectivity index (χ3v) is 5.32. The lowest BCUT2D eigenvalue weighted by Gasteiger charge is -2.25. The Hall–Kier alpha value is -2.38. The van der Waals surface area contributed by atoms with Gasteiger partial charge in [0.25, 0.3) is 5.56 Å². The van der Waals surface area contributed by atoms with Gasteiger partial charge in [-0.2, -0.15) is 0 Å². The van der Waals surface area contributed by atoms with E-state index >= 15 is 0 Å². The number of hydrogen-bond acceptors (Lipinski definition) is 4. The van der Waals surface area contributed by atoms with Gasteiger partial charge < -0.3 is 9.47 Å². The quantitative estimate of drug-likeness (QED) is 0.761. The summed E-state index contributed by atoms with van der Waals surface area (Å²) in [6.45, 7) is 2.62. The summed E-state index contributed by atoms with van der Waals surface area (Å²) in [5.74, 6) is 0.778. The lowest BCUT2D eigenvalue weighted by Crippen LogP contribution is -2.37. The predicted octanol–water partition coefficient (Wildman–Crippen LogP) is 0.471. The van der Waals surface area contributed by atoms with Crippen molar-refractivity contribution in [1.29, 1.82) is 0 Å². The number of carbonyl (C=O) groups excluding carboxylic acids is 1. The molecule has 0 aromatic carbocycles. The molecule has 0 bridgehead atoms. The van der Waals surface area contributed by atoms with Crippen LogP contribution in [0, 0.1) is 5.92 Å². The van der Waals surface area contributed by atoms with Crippen LogP contribution in [-0.4, -0.2) is 42.6 Å². The van der Waals surface area contributed by atoms with Crippen molar-refractivity contribution in [3.63, 3.8) is 0 Å². The summed E-state index contributed by atoms with van der Waals surface area (Å²) < 4.78 is 4.18. The molecule has 0 radical (unpaired) electrons. The molecular formula is C17H25N5O3. The molecule has 3 rings (SSSR count). The molecule has 1 fully saturated rings. The summed E-state index contributed by atoms with van der Waals surface area (Å²) in [6.07, 6.45) is 5.04. The van der Waals surface area contributed by atoms with Crippen LogP contribution in [-0.2, 0) is 25.4 Å². The summed E-state index contributed by atoms with van der Waals surface area (Å²) in [4.78, 5) is 42.7. The number of imidazole rings is 1. The maximum Gasteiger partial charge on any atom is 0.332 e. The number of carbonyl (C=O) groups is 1. The Bertz CT molecular complexity index is 919. The van der Waals surface area contributed by atoms with Gasteiger partial charge in [-0.15, -0.1) is 0 Å². The third kappa shape index (κ3) is 3.12. The molecule has 25 heavy (non-hydrogen) atoms. The number of amides is 1. The van der Waals surface area contributed by atoms with Crippen molar-refractivity contribution in [3.8, 4) is 0 Å². The molecule has 2 heterocycles. The van der Waals surface area contributed by atoms with Crippen molar-refractivity contribution in [2.24, 2.45) is 20.0 Å². The highest BCUT2D eigenvalue weighted by Gasteiger charge is 2.32. The summed E-state index contributed by atoms with van der Waals surface area (Å²) in [5.41, 5.74) is 0.0191. The van der Waals surface area contributed by atoms with Crippen molar-refractivity contribution in [3.05, 3.63) is 27.2 Å². The first kappa shape index (κ1) is 17.4. The Morgan fingerprint density at radius 3 is 2.64 bits per heavy atom. The van der Waals surface area contributed by atoms with E-state index in [9.17, 15) is 14.4 Å². The molecule has 0 aliphatic heterocycles. The van der Waals surface area contributed by atoms with E-state index < -0.39 is 5.69 Å². The van der Waals surface area contributed by atoms with Crippen molar-refractivity contribution in [2.75, 3.05) is 7.05 Å². The Morgan fingerprint density at radius 2 is 2.00 bits per heavy atom. The van der Waals surface area contributed by atoms with E-state index in [0.717, 1.165) is 4.57 Å². The van der Waals surface area contributed by atoms with Gasteiger partial charge in [0.1, 0.15) is 0 Å². The molecule has 0 N–H and O–H groups in total. The first-order valence-corrected chi connectivity index (χ1v) is 8.69. The molecule has 136 valence electrons. The van der Waals surface area contributed by atoms with Crippen LogP contribution in [0.4, 0.5) is 0 Å². The van der Waals surface area contributed by atoms with Crippen LogP contribution in [0.3, 0.4) is 0 Å². The van der Waals surface area contributed by atoms with Gasteiger partial charge in [0.15, 0.2) is 11.2 Å². The maximum atomic E-state index is 12.4. The average molecular weight is 347 g/mol. The van der Waals surface area contributed by atoms with Crippen molar-refractivity contribution in [1.82, 2.24) is 23.6 Å². The fourth-order valence-electron chi connectivity index (χ4n) is 3.27. The predicted molar refractivity (Wildman–Crippen MR) is 94.4 cm³/mol. The number of nitrogens with zero attached hydrogens (tertiary/aromatic N) is 5.